The second kappa shape index (κ2) is 7.31. The van der Waals surface area contributed by atoms with Crippen LogP contribution in [0.5, 0.6) is 5.75 Å². The Morgan fingerprint density at radius 3 is 2.33 bits per heavy atom. The highest BCUT2D eigenvalue weighted by Crippen LogP contribution is 2.24. The molecule has 21 heavy (non-hydrogen) atoms. The smallest absolute Gasteiger partial charge is 0.122 e. The van der Waals surface area contributed by atoms with Crippen molar-refractivity contribution in [2.45, 2.75) is 66.8 Å². The predicted molar refractivity (Wildman–Crippen MR) is 92.2 cm³/mol. The average Bonchev–Trinajstić information content (AvgIpc) is 2.36. The topological polar surface area (TPSA) is 21.3 Å². The number of aryl methyl sites for hydroxylation is 2. The summed E-state index contributed by atoms with van der Waals surface area (Å²) in [4.78, 5) is 0. The van der Waals surface area contributed by atoms with Gasteiger partial charge < -0.3 is 10.1 Å². The molecule has 2 nitrogen and oxygen atoms in total. The Morgan fingerprint density at radius 1 is 1.05 bits per heavy atom. The van der Waals surface area contributed by atoms with E-state index in [9.17, 15) is 0 Å². The first-order valence-corrected chi connectivity index (χ1v) is 8.04. The van der Waals surface area contributed by atoms with E-state index in [2.05, 4.69) is 72.0 Å². The fraction of sp³-hybridized carbons (Fsp3) is 0.684. The standard InChI is InChI=1S/C19H33NO/c1-15-9-10-16(2)17(13-15)21-12-8-11-19(6,7)14-20-18(3,4)5/h9-10,13,20H,8,11-12,14H2,1-7H3. The van der Waals surface area contributed by atoms with Crippen LogP contribution in [0.4, 0.5) is 0 Å². The van der Waals surface area contributed by atoms with Crippen LogP contribution in [0.2, 0.25) is 0 Å². The molecule has 0 unspecified atom stereocenters. The van der Waals surface area contributed by atoms with E-state index in [0.29, 0.717) is 5.41 Å². The first-order valence-electron chi connectivity index (χ1n) is 8.04. The third-order valence-electron chi connectivity index (χ3n) is 3.70. The summed E-state index contributed by atoms with van der Waals surface area (Å²) in [6, 6.07) is 6.38. The van der Waals surface area contributed by atoms with Crippen LogP contribution >= 0.6 is 0 Å². The summed E-state index contributed by atoms with van der Waals surface area (Å²) in [7, 11) is 0. The van der Waals surface area contributed by atoms with Crippen LogP contribution in [-0.2, 0) is 0 Å². The number of rotatable bonds is 7. The quantitative estimate of drug-likeness (QED) is 0.723. The van der Waals surface area contributed by atoms with Crippen molar-refractivity contribution in [1.82, 2.24) is 5.32 Å². The van der Waals surface area contributed by atoms with Crippen LogP contribution in [0.25, 0.3) is 0 Å². The van der Waals surface area contributed by atoms with E-state index in [1.165, 1.54) is 17.5 Å². The molecule has 1 aromatic rings. The Bertz CT molecular complexity index is 443. The molecular formula is C19H33NO. The van der Waals surface area contributed by atoms with Gasteiger partial charge in [0.2, 0.25) is 0 Å². The number of hydrogen-bond donors (Lipinski definition) is 1. The van der Waals surface area contributed by atoms with Crippen LogP contribution in [0.1, 0.15) is 58.6 Å². The van der Waals surface area contributed by atoms with Crippen LogP contribution in [0.3, 0.4) is 0 Å². The molecule has 0 saturated carbocycles. The van der Waals surface area contributed by atoms with Crippen molar-refractivity contribution in [3.8, 4) is 5.75 Å². The summed E-state index contributed by atoms with van der Waals surface area (Å²) in [6.45, 7) is 17.3. The number of nitrogens with one attached hydrogen (secondary N) is 1. The lowest BCUT2D eigenvalue weighted by atomic mass is 9.87. The summed E-state index contributed by atoms with van der Waals surface area (Å²) >= 11 is 0. The van der Waals surface area contributed by atoms with Gasteiger partial charge in [0.1, 0.15) is 5.75 Å². The molecular weight excluding hydrogens is 258 g/mol. The van der Waals surface area contributed by atoms with Crippen LogP contribution in [0.15, 0.2) is 18.2 Å². The second-order valence-corrected chi connectivity index (χ2v) is 7.99. The van der Waals surface area contributed by atoms with Crippen LogP contribution < -0.4 is 10.1 Å². The molecule has 0 atom stereocenters. The van der Waals surface area contributed by atoms with Gasteiger partial charge in [0.25, 0.3) is 0 Å². The Balaban J connectivity index is 2.34. The molecule has 1 rings (SSSR count). The van der Waals surface area contributed by atoms with Gasteiger partial charge in [-0.05, 0) is 70.1 Å². The largest absolute Gasteiger partial charge is 0.493 e. The monoisotopic (exact) mass is 291 g/mol. The van der Waals surface area contributed by atoms with Crippen molar-refractivity contribution in [3.05, 3.63) is 29.3 Å². The van der Waals surface area contributed by atoms with Crippen molar-refractivity contribution < 1.29 is 4.74 Å². The summed E-state index contributed by atoms with van der Waals surface area (Å²) < 4.78 is 5.94. The predicted octanol–water partition coefficient (Wildman–Crippen LogP) is 4.88. The van der Waals surface area contributed by atoms with E-state index in [4.69, 9.17) is 4.74 Å². The SMILES string of the molecule is Cc1ccc(C)c(OCCCC(C)(C)CNC(C)(C)C)c1. The molecule has 0 radical (unpaired) electrons. The summed E-state index contributed by atoms with van der Waals surface area (Å²) in [5.41, 5.74) is 2.96. The lowest BCUT2D eigenvalue weighted by Crippen LogP contribution is -2.42. The van der Waals surface area contributed by atoms with Crippen molar-refractivity contribution in [3.63, 3.8) is 0 Å². The van der Waals surface area contributed by atoms with Gasteiger partial charge in [-0.1, -0.05) is 26.0 Å². The molecule has 0 fully saturated rings. The summed E-state index contributed by atoms with van der Waals surface area (Å²) in [5, 5.41) is 3.60. The lowest BCUT2D eigenvalue weighted by Gasteiger charge is -2.30. The van der Waals surface area contributed by atoms with Gasteiger partial charge in [-0.25, -0.2) is 0 Å². The molecule has 0 aliphatic heterocycles. The third kappa shape index (κ3) is 7.52. The highest BCUT2D eigenvalue weighted by molar-refractivity contribution is 5.35. The van der Waals surface area contributed by atoms with E-state index in [0.717, 1.165) is 25.3 Å². The third-order valence-corrected chi connectivity index (χ3v) is 3.70. The van der Waals surface area contributed by atoms with Crippen molar-refractivity contribution in [2.75, 3.05) is 13.2 Å². The molecule has 0 aromatic heterocycles. The van der Waals surface area contributed by atoms with Gasteiger partial charge in [-0.2, -0.15) is 0 Å². The van der Waals surface area contributed by atoms with E-state index >= 15 is 0 Å². The fourth-order valence-corrected chi connectivity index (χ4v) is 2.19. The van der Waals surface area contributed by atoms with E-state index < -0.39 is 0 Å². The minimum Gasteiger partial charge on any atom is -0.493 e. The highest BCUT2D eigenvalue weighted by atomic mass is 16.5. The minimum absolute atomic E-state index is 0.187. The molecule has 120 valence electrons. The summed E-state index contributed by atoms with van der Waals surface area (Å²) in [5.74, 6) is 1.03. The highest BCUT2D eigenvalue weighted by Gasteiger charge is 2.20. The summed E-state index contributed by atoms with van der Waals surface area (Å²) in [6.07, 6.45) is 2.26. The molecule has 2 heteroatoms. The number of ether oxygens (including phenoxy) is 1. The molecule has 1 aromatic carbocycles. The van der Waals surface area contributed by atoms with E-state index in [-0.39, 0.29) is 5.54 Å². The minimum atomic E-state index is 0.187. The Kier molecular flexibility index (Phi) is 6.27. The average molecular weight is 291 g/mol. The van der Waals surface area contributed by atoms with E-state index in [1.54, 1.807) is 0 Å². The fourth-order valence-electron chi connectivity index (χ4n) is 2.19. The molecule has 0 amide bonds. The van der Waals surface area contributed by atoms with Gasteiger partial charge >= 0.3 is 0 Å². The second-order valence-electron chi connectivity index (χ2n) is 7.99. The van der Waals surface area contributed by atoms with E-state index in [1.807, 2.05) is 0 Å². The Hall–Kier alpha value is -1.02. The zero-order chi connectivity index (χ0) is 16.1. The first-order chi connectivity index (χ1) is 9.59. The molecule has 0 bridgehead atoms. The van der Waals surface area contributed by atoms with Gasteiger partial charge in [0.15, 0.2) is 0 Å². The first kappa shape index (κ1) is 18.0. The zero-order valence-corrected chi connectivity index (χ0v) is 15.0. The maximum absolute atomic E-state index is 5.94. The van der Waals surface area contributed by atoms with Crippen molar-refractivity contribution in [1.29, 1.82) is 0 Å². The maximum atomic E-state index is 5.94. The van der Waals surface area contributed by atoms with Gasteiger partial charge in [0.05, 0.1) is 6.61 Å². The van der Waals surface area contributed by atoms with Gasteiger partial charge in [-0.15, -0.1) is 0 Å². The molecule has 0 saturated heterocycles. The lowest BCUT2D eigenvalue weighted by molar-refractivity contribution is 0.234. The van der Waals surface area contributed by atoms with Crippen LogP contribution in [-0.4, -0.2) is 18.7 Å². The molecule has 0 spiro atoms. The molecule has 0 heterocycles. The van der Waals surface area contributed by atoms with Gasteiger partial charge in [-0.3, -0.25) is 0 Å². The normalized spacial score (nSPS) is 12.5. The number of hydrogen-bond acceptors (Lipinski definition) is 2. The Labute approximate surface area is 131 Å². The zero-order valence-electron chi connectivity index (χ0n) is 15.0. The molecule has 0 aliphatic carbocycles. The van der Waals surface area contributed by atoms with Gasteiger partial charge in [0, 0.05) is 12.1 Å². The number of benzene rings is 1. The van der Waals surface area contributed by atoms with Crippen molar-refractivity contribution in [2.24, 2.45) is 5.41 Å². The molecule has 1 N–H and O–H groups in total. The maximum Gasteiger partial charge on any atom is 0.122 e. The molecule has 0 aliphatic rings. The van der Waals surface area contributed by atoms with Crippen LogP contribution in [0, 0.1) is 19.3 Å². The Morgan fingerprint density at radius 2 is 1.71 bits per heavy atom. The van der Waals surface area contributed by atoms with Crippen molar-refractivity contribution >= 4 is 0 Å².